The van der Waals surface area contributed by atoms with Gasteiger partial charge in [-0.05, 0) is 56.9 Å². The molecule has 10 N–H and O–H groups in total. The lowest BCUT2D eigenvalue weighted by molar-refractivity contribution is -0.168. The molecule has 0 aliphatic heterocycles. The number of benzene rings is 1. The SMILES string of the molecule is Cc1cc(NC(N)=S)c(O)c2c1CC1C(=C2O)C(=O)[C@]2(O)C(O)=C(C(N)=O)C(=O)[C@@H](N(C)C)C2[C@H]1O. The molecule has 1 fully saturated rings. The van der Waals surface area contributed by atoms with Gasteiger partial charge in [0, 0.05) is 11.5 Å². The maximum atomic E-state index is 13.8. The molecule has 12 nitrogen and oxygen atoms in total. The molecule has 3 aliphatic carbocycles. The van der Waals surface area contributed by atoms with Crippen LogP contribution >= 0.6 is 12.2 Å². The van der Waals surface area contributed by atoms with Crippen molar-refractivity contribution in [1.29, 1.82) is 0 Å². The molecule has 0 heterocycles. The Labute approximate surface area is 210 Å². The van der Waals surface area contributed by atoms with Crippen LogP contribution in [0.4, 0.5) is 5.69 Å². The third-order valence-electron chi connectivity index (χ3n) is 7.28. The molecule has 2 unspecified atom stereocenters. The Hall–Kier alpha value is -3.52. The van der Waals surface area contributed by atoms with Crippen LogP contribution in [-0.4, -0.2) is 84.9 Å². The molecule has 0 radical (unpaired) electrons. The molecule has 1 saturated carbocycles. The monoisotopic (exact) mass is 518 g/mol. The zero-order valence-corrected chi connectivity index (χ0v) is 20.4. The van der Waals surface area contributed by atoms with Crippen LogP contribution in [0.15, 0.2) is 23.0 Å². The number of fused-ring (bicyclic) bond motifs is 3. The van der Waals surface area contributed by atoms with Crippen LogP contribution in [0, 0.1) is 18.8 Å². The molecule has 1 amide bonds. The summed E-state index contributed by atoms with van der Waals surface area (Å²) >= 11 is 4.82. The van der Waals surface area contributed by atoms with Crippen molar-refractivity contribution in [3.8, 4) is 5.75 Å². The van der Waals surface area contributed by atoms with Crippen molar-refractivity contribution < 1.29 is 39.9 Å². The number of aromatic hydroxyl groups is 1. The first-order chi connectivity index (χ1) is 16.7. The summed E-state index contributed by atoms with van der Waals surface area (Å²) in [4.78, 5) is 40.2. The van der Waals surface area contributed by atoms with E-state index < -0.39 is 75.5 Å². The number of rotatable bonds is 3. The highest BCUT2D eigenvalue weighted by Gasteiger charge is 2.67. The number of nitrogens with two attached hydrogens (primary N) is 2. The molecule has 1 aromatic carbocycles. The van der Waals surface area contributed by atoms with Crippen molar-refractivity contribution >= 4 is 46.3 Å². The van der Waals surface area contributed by atoms with Crippen LogP contribution in [0.25, 0.3) is 5.76 Å². The number of ketones is 2. The number of hydrogen-bond acceptors (Lipinski definition) is 10. The molecular weight excluding hydrogens is 492 g/mol. The number of likely N-dealkylation sites (N-methyl/N-ethyl adjacent to an activating group) is 1. The lowest BCUT2D eigenvalue weighted by Crippen LogP contribution is -2.70. The highest BCUT2D eigenvalue weighted by molar-refractivity contribution is 7.80. The average molecular weight is 519 g/mol. The molecule has 1 aromatic rings. The fourth-order valence-corrected chi connectivity index (χ4v) is 5.85. The van der Waals surface area contributed by atoms with Gasteiger partial charge in [0.1, 0.15) is 22.8 Å². The minimum atomic E-state index is -2.96. The number of nitrogens with zero attached hydrogens (tertiary/aromatic N) is 1. The fraction of sp³-hybridized carbons (Fsp3) is 0.391. The van der Waals surface area contributed by atoms with Gasteiger partial charge >= 0.3 is 0 Å². The van der Waals surface area contributed by atoms with Gasteiger partial charge < -0.3 is 42.3 Å². The molecule has 0 spiro atoms. The predicted molar refractivity (Wildman–Crippen MR) is 131 cm³/mol. The van der Waals surface area contributed by atoms with E-state index in [0.717, 1.165) is 0 Å². The summed E-state index contributed by atoms with van der Waals surface area (Å²) in [6.45, 7) is 1.68. The summed E-state index contributed by atoms with van der Waals surface area (Å²) in [5, 5.41) is 58.4. The first-order valence-electron chi connectivity index (χ1n) is 10.9. The normalized spacial score (nSPS) is 29.6. The number of aryl methyl sites for hydroxylation is 1. The summed E-state index contributed by atoms with van der Waals surface area (Å²) in [5.74, 6) is -8.77. The standard InChI is InChI=1S/C23H26N4O8S/c1-6-4-9(26-22(25)36)16(29)10-7(6)5-8-11(17(10)30)19(32)23(35)13(15(8)28)14(27(2)3)18(31)12(20(23)33)21(24)34/h4,8,13-15,28-30,33,35H,5H2,1-3H3,(H2,24,34)(H3,25,26,36)/t8?,13?,14-,15-,23-/m0/s1. The van der Waals surface area contributed by atoms with E-state index in [4.69, 9.17) is 23.7 Å². The molecule has 0 bridgehead atoms. The maximum Gasteiger partial charge on any atom is 0.255 e. The minimum absolute atomic E-state index is 0.0531. The van der Waals surface area contributed by atoms with Crippen LogP contribution in [0.5, 0.6) is 5.75 Å². The highest BCUT2D eigenvalue weighted by Crippen LogP contribution is 2.53. The number of phenols is 1. The number of thiocarbonyl (C=S) groups is 1. The first-order valence-corrected chi connectivity index (χ1v) is 11.3. The number of amides is 1. The summed E-state index contributed by atoms with van der Waals surface area (Å²) in [6, 6.07) is 0.128. The number of primary amides is 1. The average Bonchev–Trinajstić information content (AvgIpc) is 2.76. The van der Waals surface area contributed by atoms with Crippen LogP contribution < -0.4 is 16.8 Å². The number of aliphatic hydroxyl groups is 4. The van der Waals surface area contributed by atoms with Crippen molar-refractivity contribution in [2.24, 2.45) is 23.3 Å². The molecule has 3 aliphatic rings. The smallest absolute Gasteiger partial charge is 0.255 e. The van der Waals surface area contributed by atoms with Crippen LogP contribution in [0.3, 0.4) is 0 Å². The predicted octanol–water partition coefficient (Wildman–Crippen LogP) is -1.10. The largest absolute Gasteiger partial charge is 0.508 e. The third-order valence-corrected chi connectivity index (χ3v) is 7.39. The summed E-state index contributed by atoms with van der Waals surface area (Å²) in [7, 11) is 2.89. The molecule has 36 heavy (non-hydrogen) atoms. The van der Waals surface area contributed by atoms with Crippen molar-refractivity contribution in [3.63, 3.8) is 0 Å². The lowest BCUT2D eigenvalue weighted by Gasteiger charge is -2.52. The number of carbonyl (C=O) groups excluding carboxylic acids is 3. The minimum Gasteiger partial charge on any atom is -0.508 e. The van der Waals surface area contributed by atoms with E-state index in [-0.39, 0.29) is 22.8 Å². The first kappa shape index (κ1) is 25.6. The quantitative estimate of drug-likeness (QED) is 0.136. The number of anilines is 1. The van der Waals surface area contributed by atoms with Gasteiger partial charge in [-0.1, -0.05) is 0 Å². The van der Waals surface area contributed by atoms with Gasteiger partial charge in [0.25, 0.3) is 5.91 Å². The lowest BCUT2D eigenvalue weighted by atomic mass is 9.56. The number of aliphatic hydroxyl groups excluding tert-OH is 3. The van der Waals surface area contributed by atoms with Gasteiger partial charge in [-0.15, -0.1) is 0 Å². The maximum absolute atomic E-state index is 13.8. The Morgan fingerprint density at radius 1 is 1.22 bits per heavy atom. The highest BCUT2D eigenvalue weighted by atomic mass is 32.1. The van der Waals surface area contributed by atoms with E-state index in [0.29, 0.717) is 11.1 Å². The topological polar surface area (TPSA) is 220 Å². The van der Waals surface area contributed by atoms with E-state index in [2.05, 4.69) is 5.32 Å². The zero-order valence-electron chi connectivity index (χ0n) is 19.6. The molecule has 4 rings (SSSR count). The second-order valence-electron chi connectivity index (χ2n) is 9.48. The summed E-state index contributed by atoms with van der Waals surface area (Å²) in [5.41, 5.74) is 7.28. The Balaban J connectivity index is 2.02. The number of phenolic OH excluding ortho intramolecular Hbond substituents is 1. The van der Waals surface area contributed by atoms with Gasteiger partial charge in [0.2, 0.25) is 5.78 Å². The second-order valence-corrected chi connectivity index (χ2v) is 9.92. The van der Waals surface area contributed by atoms with E-state index in [1.165, 1.54) is 25.1 Å². The van der Waals surface area contributed by atoms with Crippen LogP contribution in [-0.2, 0) is 20.8 Å². The third kappa shape index (κ3) is 3.24. The van der Waals surface area contributed by atoms with Crippen molar-refractivity contribution in [2.45, 2.75) is 31.1 Å². The van der Waals surface area contributed by atoms with E-state index in [9.17, 15) is 39.9 Å². The molecular formula is C23H26N4O8S. The molecule has 13 heteroatoms. The van der Waals surface area contributed by atoms with Gasteiger partial charge in [-0.25, -0.2) is 0 Å². The van der Waals surface area contributed by atoms with Gasteiger partial charge in [0.15, 0.2) is 16.5 Å². The summed E-state index contributed by atoms with van der Waals surface area (Å²) < 4.78 is 0. The summed E-state index contributed by atoms with van der Waals surface area (Å²) in [6.07, 6.45) is -1.69. The molecule has 0 saturated heterocycles. The number of hydrogen-bond donors (Lipinski definition) is 8. The Kier molecular flexibility index (Phi) is 5.87. The Morgan fingerprint density at radius 3 is 2.36 bits per heavy atom. The Bertz CT molecular complexity index is 1320. The van der Waals surface area contributed by atoms with Crippen molar-refractivity contribution in [2.75, 3.05) is 19.4 Å². The van der Waals surface area contributed by atoms with Crippen molar-refractivity contribution in [3.05, 3.63) is 39.7 Å². The molecule has 0 aromatic heterocycles. The molecule has 5 atom stereocenters. The van der Waals surface area contributed by atoms with Crippen LogP contribution in [0.2, 0.25) is 0 Å². The van der Waals surface area contributed by atoms with Crippen LogP contribution in [0.1, 0.15) is 16.7 Å². The second kappa shape index (κ2) is 8.27. The van der Waals surface area contributed by atoms with Gasteiger partial charge in [-0.2, -0.15) is 0 Å². The van der Waals surface area contributed by atoms with Crippen molar-refractivity contribution in [1.82, 2.24) is 4.90 Å². The van der Waals surface area contributed by atoms with Gasteiger partial charge in [0.05, 0.1) is 29.3 Å². The number of Topliss-reactive ketones (excluding diaryl/α,β-unsaturated/α-hetero) is 2. The number of carbonyl (C=O) groups is 3. The van der Waals surface area contributed by atoms with E-state index in [1.807, 2.05) is 0 Å². The number of nitrogens with one attached hydrogen (secondary N) is 1. The van der Waals surface area contributed by atoms with E-state index >= 15 is 0 Å². The van der Waals surface area contributed by atoms with Gasteiger partial charge in [-0.3, -0.25) is 19.3 Å². The fourth-order valence-electron chi connectivity index (χ4n) is 5.74. The van der Waals surface area contributed by atoms with E-state index in [1.54, 1.807) is 6.92 Å². The Morgan fingerprint density at radius 2 is 1.83 bits per heavy atom. The zero-order chi connectivity index (χ0) is 27.0. The molecule has 192 valence electrons.